The van der Waals surface area contributed by atoms with Gasteiger partial charge in [0.25, 0.3) is 15.9 Å². The first-order chi connectivity index (χ1) is 12.3. The molecule has 1 aromatic rings. The first kappa shape index (κ1) is 22.6. The third-order valence-electron chi connectivity index (χ3n) is 4.44. The fraction of sp³-hybridized carbons (Fsp3) is 0.632. The van der Waals surface area contributed by atoms with Gasteiger partial charge in [0.05, 0.1) is 4.90 Å². The monoisotopic (exact) mass is 384 g/mol. The molecule has 6 nitrogen and oxygen atoms in total. The molecule has 0 spiro atoms. The van der Waals surface area contributed by atoms with Gasteiger partial charge in [0.1, 0.15) is 0 Å². The lowest BCUT2D eigenvalue weighted by atomic mass is 10.0. The first-order valence-electron chi connectivity index (χ1n) is 9.39. The van der Waals surface area contributed by atoms with Gasteiger partial charge in [-0.05, 0) is 43.0 Å². The summed E-state index contributed by atoms with van der Waals surface area (Å²) >= 11 is 0. The number of amides is 1. The van der Waals surface area contributed by atoms with Crippen molar-refractivity contribution in [3.05, 3.63) is 29.3 Å². The molecule has 0 aliphatic carbocycles. The Labute approximate surface area is 157 Å². The number of sulfonamides is 1. The molecular formula is C19H32N2O4S. The Balaban J connectivity index is 2.57. The van der Waals surface area contributed by atoms with Crippen molar-refractivity contribution in [2.24, 2.45) is 0 Å². The second kappa shape index (κ2) is 11.3. The highest BCUT2D eigenvalue weighted by Gasteiger charge is 2.19. The van der Waals surface area contributed by atoms with Crippen molar-refractivity contribution in [1.82, 2.24) is 10.0 Å². The van der Waals surface area contributed by atoms with Gasteiger partial charge in [0.15, 0.2) is 0 Å². The van der Waals surface area contributed by atoms with E-state index in [9.17, 15) is 18.4 Å². The average molecular weight is 385 g/mol. The standard InChI is InChI=1S/C19H32N2O4S/c1-4-5-6-7-8-9-10-11-12-18-15-19(14-13-16(18)2)26(24,25)20-21(23)17(3)22/h13-15,20,23H,4-12H2,1-3H3. The summed E-state index contributed by atoms with van der Waals surface area (Å²) in [5.74, 6) is -0.806. The van der Waals surface area contributed by atoms with E-state index in [4.69, 9.17) is 0 Å². The zero-order chi connectivity index (χ0) is 19.6. The molecule has 0 radical (unpaired) electrons. The number of carbonyl (C=O) groups is 1. The summed E-state index contributed by atoms with van der Waals surface area (Å²) in [5.41, 5.74) is 2.02. The predicted octanol–water partition coefficient (Wildman–Crippen LogP) is 4.11. The smallest absolute Gasteiger partial charge is 0.259 e. The van der Waals surface area contributed by atoms with E-state index in [0.29, 0.717) is 0 Å². The van der Waals surface area contributed by atoms with Crippen molar-refractivity contribution in [2.75, 3.05) is 0 Å². The van der Waals surface area contributed by atoms with Crippen LogP contribution in [0.4, 0.5) is 0 Å². The minimum Gasteiger partial charge on any atom is -0.271 e. The summed E-state index contributed by atoms with van der Waals surface area (Å²) in [6.45, 7) is 5.23. The summed E-state index contributed by atoms with van der Waals surface area (Å²) in [5, 5.41) is 9.30. The molecule has 0 saturated carbocycles. The van der Waals surface area contributed by atoms with Crippen molar-refractivity contribution < 1.29 is 18.4 Å². The summed E-state index contributed by atoms with van der Waals surface area (Å²) in [6, 6.07) is 4.85. The molecule has 0 saturated heterocycles. The molecule has 0 unspecified atom stereocenters. The molecule has 0 aliphatic rings. The number of hydroxylamine groups is 1. The van der Waals surface area contributed by atoms with Crippen molar-refractivity contribution in [1.29, 1.82) is 0 Å². The summed E-state index contributed by atoms with van der Waals surface area (Å²) in [6.07, 6.45) is 10.6. The van der Waals surface area contributed by atoms with Gasteiger partial charge in [-0.1, -0.05) is 62.8 Å². The molecule has 0 aromatic heterocycles. The maximum atomic E-state index is 12.2. The highest BCUT2D eigenvalue weighted by atomic mass is 32.2. The summed E-state index contributed by atoms with van der Waals surface area (Å²) < 4.78 is 24.5. The van der Waals surface area contributed by atoms with E-state index in [1.54, 1.807) is 12.1 Å². The van der Waals surface area contributed by atoms with Gasteiger partial charge in [0.2, 0.25) is 0 Å². The highest BCUT2D eigenvalue weighted by Crippen LogP contribution is 2.19. The topological polar surface area (TPSA) is 86.7 Å². The molecule has 2 N–H and O–H groups in total. The summed E-state index contributed by atoms with van der Waals surface area (Å²) in [4.78, 5) is 12.9. The number of hydrogen-bond donors (Lipinski definition) is 2. The van der Waals surface area contributed by atoms with Crippen molar-refractivity contribution in [2.45, 2.75) is 83.5 Å². The van der Waals surface area contributed by atoms with E-state index in [1.807, 2.05) is 11.8 Å². The fourth-order valence-corrected chi connectivity index (χ4v) is 3.77. The first-order valence-corrected chi connectivity index (χ1v) is 10.9. The highest BCUT2D eigenvalue weighted by molar-refractivity contribution is 7.89. The number of hydrazine groups is 1. The molecule has 0 fully saturated rings. The van der Waals surface area contributed by atoms with E-state index in [0.717, 1.165) is 37.3 Å². The van der Waals surface area contributed by atoms with Crippen LogP contribution in [0, 0.1) is 6.92 Å². The Morgan fingerprint density at radius 2 is 1.65 bits per heavy atom. The molecule has 0 bridgehead atoms. The number of carbonyl (C=O) groups excluding carboxylic acids is 1. The van der Waals surface area contributed by atoms with Crippen molar-refractivity contribution >= 4 is 15.9 Å². The third kappa shape index (κ3) is 7.85. The Morgan fingerprint density at radius 3 is 2.23 bits per heavy atom. The van der Waals surface area contributed by atoms with Gasteiger partial charge in [-0.2, -0.15) is 0 Å². The maximum absolute atomic E-state index is 12.2. The number of aryl methyl sites for hydroxylation is 2. The van der Waals surface area contributed by atoms with Crippen LogP contribution in [0.25, 0.3) is 0 Å². The van der Waals surface area contributed by atoms with Crippen LogP contribution in [-0.2, 0) is 21.2 Å². The lowest BCUT2D eigenvalue weighted by Gasteiger charge is -2.15. The van der Waals surface area contributed by atoms with Crippen LogP contribution in [-0.4, -0.2) is 24.7 Å². The van der Waals surface area contributed by atoms with Crippen LogP contribution in [0.5, 0.6) is 0 Å². The molecular weight excluding hydrogens is 352 g/mol. The molecule has 7 heteroatoms. The summed E-state index contributed by atoms with van der Waals surface area (Å²) in [7, 11) is -3.99. The van der Waals surface area contributed by atoms with Crippen LogP contribution in [0.2, 0.25) is 0 Å². The average Bonchev–Trinajstić information content (AvgIpc) is 2.58. The molecule has 0 heterocycles. The molecule has 26 heavy (non-hydrogen) atoms. The van der Waals surface area contributed by atoms with Crippen LogP contribution in [0.1, 0.15) is 76.3 Å². The van der Waals surface area contributed by atoms with Gasteiger partial charge < -0.3 is 0 Å². The van der Waals surface area contributed by atoms with Gasteiger partial charge in [-0.15, -0.1) is 5.17 Å². The van der Waals surface area contributed by atoms with Crippen molar-refractivity contribution in [3.8, 4) is 0 Å². The molecule has 1 rings (SSSR count). The van der Waals surface area contributed by atoms with E-state index in [-0.39, 0.29) is 10.1 Å². The number of hydrogen-bond acceptors (Lipinski definition) is 4. The Morgan fingerprint density at radius 1 is 1.08 bits per heavy atom. The van der Waals surface area contributed by atoms with E-state index >= 15 is 0 Å². The van der Waals surface area contributed by atoms with E-state index in [1.165, 1.54) is 44.6 Å². The van der Waals surface area contributed by atoms with E-state index < -0.39 is 15.9 Å². The van der Waals surface area contributed by atoms with Gasteiger partial charge in [0, 0.05) is 6.92 Å². The van der Waals surface area contributed by atoms with Crippen LogP contribution in [0.3, 0.4) is 0 Å². The quantitative estimate of drug-likeness (QED) is 0.322. The minimum atomic E-state index is -3.99. The molecule has 0 atom stereocenters. The fourth-order valence-electron chi connectivity index (χ4n) is 2.76. The Hall–Kier alpha value is -1.44. The second-order valence-corrected chi connectivity index (χ2v) is 8.40. The van der Waals surface area contributed by atoms with Crippen LogP contribution in [0.15, 0.2) is 23.1 Å². The lowest BCUT2D eigenvalue weighted by molar-refractivity contribution is -0.169. The van der Waals surface area contributed by atoms with Gasteiger partial charge in [-0.3, -0.25) is 10.0 Å². The normalized spacial score (nSPS) is 11.5. The molecule has 148 valence electrons. The van der Waals surface area contributed by atoms with Crippen LogP contribution < -0.4 is 4.83 Å². The zero-order valence-electron chi connectivity index (χ0n) is 16.1. The number of rotatable bonds is 12. The number of unbranched alkanes of at least 4 members (excludes halogenated alkanes) is 7. The SMILES string of the molecule is CCCCCCCCCCc1cc(S(=O)(=O)NN(O)C(C)=O)ccc1C. The maximum Gasteiger partial charge on any atom is 0.259 e. The van der Waals surface area contributed by atoms with Crippen LogP contribution >= 0.6 is 0 Å². The molecule has 1 aromatic carbocycles. The molecule has 0 aliphatic heterocycles. The second-order valence-electron chi connectivity index (χ2n) is 6.74. The molecule has 1 amide bonds. The minimum absolute atomic E-state index is 0.0204. The zero-order valence-corrected chi connectivity index (χ0v) is 16.9. The van der Waals surface area contributed by atoms with E-state index in [2.05, 4.69) is 6.92 Å². The third-order valence-corrected chi connectivity index (χ3v) is 5.72. The largest absolute Gasteiger partial charge is 0.271 e. The number of benzene rings is 1. The lowest BCUT2D eigenvalue weighted by Crippen LogP contribution is -2.42. The number of nitrogens with one attached hydrogen (secondary N) is 1. The van der Waals surface area contributed by atoms with Gasteiger partial charge in [-0.25, -0.2) is 8.42 Å². The van der Waals surface area contributed by atoms with Gasteiger partial charge >= 0.3 is 0 Å². The predicted molar refractivity (Wildman–Crippen MR) is 102 cm³/mol. The van der Waals surface area contributed by atoms with Crippen molar-refractivity contribution in [3.63, 3.8) is 0 Å². The Kier molecular flexibility index (Phi) is 9.83. The Bertz CT molecular complexity index is 674. The number of nitrogens with zero attached hydrogens (tertiary/aromatic N) is 1.